The highest BCUT2D eigenvalue weighted by molar-refractivity contribution is 7.17. The lowest BCUT2D eigenvalue weighted by molar-refractivity contribution is -0.134. The lowest BCUT2D eigenvalue weighted by Crippen LogP contribution is -2.14. The van der Waals surface area contributed by atoms with Gasteiger partial charge in [0.2, 0.25) is 0 Å². The van der Waals surface area contributed by atoms with Crippen LogP contribution in [0.3, 0.4) is 0 Å². The average molecular weight is 239 g/mol. The van der Waals surface area contributed by atoms with Gasteiger partial charge in [-0.2, -0.15) is 0 Å². The van der Waals surface area contributed by atoms with E-state index in [9.17, 15) is 0 Å². The normalized spacial score (nSPS) is 9.62. The second kappa shape index (κ2) is 4.80. The number of nitrogens with two attached hydrogens (primary N) is 1. The Kier molecular flexibility index (Phi) is 3.68. The number of rotatable bonds is 1. The molecule has 2 heterocycles. The molecule has 2 aromatic rings. The number of aromatic nitrogens is 1. The summed E-state index contributed by atoms with van der Waals surface area (Å²) in [5.41, 5.74) is 7.34. The number of aryl methyl sites for hydroxylation is 1. The van der Waals surface area contributed by atoms with E-state index in [2.05, 4.69) is 0 Å². The maximum Gasteiger partial charge on any atom is 0.300 e. The van der Waals surface area contributed by atoms with Gasteiger partial charge in [0.25, 0.3) is 5.97 Å². The van der Waals surface area contributed by atoms with Crippen molar-refractivity contribution in [3.8, 4) is 0 Å². The lowest BCUT2D eigenvalue weighted by Gasteiger charge is -1.99. The minimum absolute atomic E-state index is 0.126. The van der Waals surface area contributed by atoms with Crippen LogP contribution in [0.15, 0.2) is 17.5 Å². The number of hydrogen-bond donors (Lipinski definition) is 3. The molecular weight excluding hydrogens is 226 g/mol. The van der Waals surface area contributed by atoms with Gasteiger partial charge < -0.3 is 15.4 Å². The molecule has 0 aliphatic rings. The van der Waals surface area contributed by atoms with Crippen LogP contribution in [0.25, 0.3) is 10.2 Å². The molecule has 0 saturated carbocycles. The van der Waals surface area contributed by atoms with Crippen LogP contribution in [0.5, 0.6) is 0 Å². The molecule has 86 valence electrons. The maximum absolute atomic E-state index is 9.00. The molecule has 0 saturated heterocycles. The standard InChI is InChI=1S/C8H9N3S.C2H4O2/c1-11-5-2-3-12-7(5)4-6(11)8(9)10;1-2(3)4/h2-4H,1H3,(H3,9,10);1H3,(H,3,4). The second-order valence-corrected chi connectivity index (χ2v) is 4.14. The minimum Gasteiger partial charge on any atom is -0.481 e. The fourth-order valence-electron chi connectivity index (χ4n) is 1.31. The van der Waals surface area contributed by atoms with Crippen LogP contribution in [0.2, 0.25) is 0 Å². The molecule has 0 aromatic carbocycles. The number of carboxylic acids is 1. The summed E-state index contributed by atoms with van der Waals surface area (Å²) < 4.78 is 3.12. The fraction of sp³-hybridized carbons (Fsp3) is 0.200. The Morgan fingerprint density at radius 3 is 2.62 bits per heavy atom. The van der Waals surface area contributed by atoms with Gasteiger partial charge in [-0.1, -0.05) is 0 Å². The van der Waals surface area contributed by atoms with Gasteiger partial charge in [0.15, 0.2) is 0 Å². The van der Waals surface area contributed by atoms with Crippen LogP contribution in [0, 0.1) is 5.41 Å². The predicted molar refractivity (Wildman–Crippen MR) is 65.1 cm³/mol. The van der Waals surface area contributed by atoms with Gasteiger partial charge in [-0.15, -0.1) is 11.3 Å². The SMILES string of the molecule is CC(=O)O.Cn1c(C(=N)N)cc2sccc21. The van der Waals surface area contributed by atoms with Crippen LogP contribution in [0.4, 0.5) is 0 Å². The zero-order valence-corrected chi connectivity index (χ0v) is 9.84. The Morgan fingerprint density at radius 1 is 1.62 bits per heavy atom. The molecule has 0 unspecified atom stereocenters. The summed E-state index contributed by atoms with van der Waals surface area (Å²) in [6, 6.07) is 3.98. The molecule has 0 radical (unpaired) electrons. The smallest absolute Gasteiger partial charge is 0.300 e. The first kappa shape index (κ1) is 12.3. The molecule has 16 heavy (non-hydrogen) atoms. The van der Waals surface area contributed by atoms with Crippen molar-refractivity contribution in [3.63, 3.8) is 0 Å². The monoisotopic (exact) mass is 239 g/mol. The fourth-order valence-corrected chi connectivity index (χ4v) is 2.16. The highest BCUT2D eigenvalue weighted by atomic mass is 32.1. The molecule has 2 aromatic heterocycles. The van der Waals surface area contributed by atoms with E-state index < -0.39 is 5.97 Å². The van der Waals surface area contributed by atoms with Crippen molar-refractivity contribution in [2.75, 3.05) is 0 Å². The van der Waals surface area contributed by atoms with Crippen molar-refractivity contribution in [1.29, 1.82) is 5.41 Å². The topological polar surface area (TPSA) is 92.1 Å². The largest absolute Gasteiger partial charge is 0.481 e. The van der Waals surface area contributed by atoms with Gasteiger partial charge >= 0.3 is 0 Å². The van der Waals surface area contributed by atoms with E-state index in [0.717, 1.165) is 18.1 Å². The number of carbonyl (C=O) groups is 1. The molecule has 0 aliphatic carbocycles. The van der Waals surface area contributed by atoms with Crippen LogP contribution in [-0.2, 0) is 11.8 Å². The van der Waals surface area contributed by atoms with E-state index in [-0.39, 0.29) is 5.84 Å². The van der Waals surface area contributed by atoms with Gasteiger partial charge in [-0.05, 0) is 17.5 Å². The highest BCUT2D eigenvalue weighted by Gasteiger charge is 2.07. The number of thiophene rings is 1. The van der Waals surface area contributed by atoms with Crippen molar-refractivity contribution in [3.05, 3.63) is 23.2 Å². The van der Waals surface area contributed by atoms with E-state index in [1.807, 2.05) is 29.1 Å². The van der Waals surface area contributed by atoms with Crippen molar-refractivity contribution < 1.29 is 9.90 Å². The number of aliphatic carboxylic acids is 1. The predicted octanol–water partition coefficient (Wildman–Crippen LogP) is 1.61. The van der Waals surface area contributed by atoms with Crippen molar-refractivity contribution in [2.24, 2.45) is 12.8 Å². The van der Waals surface area contributed by atoms with Gasteiger partial charge in [0, 0.05) is 14.0 Å². The third-order valence-corrected chi connectivity index (χ3v) is 2.79. The third-order valence-electron chi connectivity index (χ3n) is 1.94. The molecule has 0 bridgehead atoms. The molecule has 0 aliphatic heterocycles. The zero-order chi connectivity index (χ0) is 12.3. The Labute approximate surface area is 96.6 Å². The summed E-state index contributed by atoms with van der Waals surface area (Å²) in [6.45, 7) is 1.08. The third kappa shape index (κ3) is 2.60. The van der Waals surface area contributed by atoms with Crippen LogP contribution in [-0.4, -0.2) is 21.5 Å². The summed E-state index contributed by atoms with van der Waals surface area (Å²) >= 11 is 1.67. The Balaban J connectivity index is 0.000000280. The molecular formula is C10H13N3O2S. The lowest BCUT2D eigenvalue weighted by atomic mass is 10.4. The van der Waals surface area contributed by atoms with Crippen molar-refractivity contribution >= 4 is 33.4 Å². The maximum atomic E-state index is 9.00. The van der Waals surface area contributed by atoms with E-state index >= 15 is 0 Å². The van der Waals surface area contributed by atoms with E-state index in [0.29, 0.717) is 0 Å². The summed E-state index contributed by atoms with van der Waals surface area (Å²) in [5.74, 6) is -0.707. The molecule has 4 N–H and O–H groups in total. The molecule has 5 nitrogen and oxygen atoms in total. The first-order valence-corrected chi connectivity index (χ1v) is 5.38. The van der Waals surface area contributed by atoms with Crippen molar-refractivity contribution in [2.45, 2.75) is 6.92 Å². The first-order valence-electron chi connectivity index (χ1n) is 4.50. The number of hydrogen-bond acceptors (Lipinski definition) is 3. The van der Waals surface area contributed by atoms with Gasteiger partial charge in [-0.25, -0.2) is 0 Å². The van der Waals surface area contributed by atoms with Crippen LogP contribution < -0.4 is 5.73 Å². The summed E-state index contributed by atoms with van der Waals surface area (Å²) in [7, 11) is 1.92. The molecule has 0 amide bonds. The Bertz CT molecular complexity index is 523. The van der Waals surface area contributed by atoms with Gasteiger partial charge in [0.05, 0.1) is 15.9 Å². The number of nitrogens with zero attached hydrogens (tertiary/aromatic N) is 1. The highest BCUT2D eigenvalue weighted by Crippen LogP contribution is 2.23. The number of nitrogen functional groups attached to an aromatic ring is 1. The zero-order valence-electron chi connectivity index (χ0n) is 9.02. The minimum atomic E-state index is -0.833. The number of fused-ring (bicyclic) bond motifs is 1. The van der Waals surface area contributed by atoms with E-state index in [1.165, 1.54) is 4.70 Å². The van der Waals surface area contributed by atoms with Crippen LogP contribution in [0.1, 0.15) is 12.6 Å². The Morgan fingerprint density at radius 2 is 2.19 bits per heavy atom. The Hall–Kier alpha value is -1.82. The second-order valence-electron chi connectivity index (χ2n) is 3.19. The van der Waals surface area contributed by atoms with Gasteiger partial charge in [-0.3, -0.25) is 10.2 Å². The van der Waals surface area contributed by atoms with E-state index in [4.69, 9.17) is 21.0 Å². The van der Waals surface area contributed by atoms with Crippen LogP contribution >= 0.6 is 11.3 Å². The first-order chi connectivity index (χ1) is 7.43. The molecule has 0 fully saturated rings. The molecule has 6 heteroatoms. The molecule has 2 rings (SSSR count). The summed E-state index contributed by atoms with van der Waals surface area (Å²) in [5, 5.41) is 16.8. The average Bonchev–Trinajstić information content (AvgIpc) is 2.67. The molecule has 0 spiro atoms. The quantitative estimate of drug-likeness (QED) is 0.521. The van der Waals surface area contributed by atoms with Gasteiger partial charge in [0.1, 0.15) is 5.84 Å². The van der Waals surface area contributed by atoms with Crippen molar-refractivity contribution in [1.82, 2.24) is 4.57 Å². The summed E-state index contributed by atoms with van der Waals surface area (Å²) in [4.78, 5) is 9.00. The summed E-state index contributed by atoms with van der Waals surface area (Å²) in [6.07, 6.45) is 0. The van der Waals surface area contributed by atoms with E-state index in [1.54, 1.807) is 11.3 Å². The number of carboxylic acid groups (broad SMARTS) is 1. The number of amidine groups is 1. The molecule has 0 atom stereocenters. The number of nitrogens with one attached hydrogen (secondary N) is 1.